The molecular weight excluding hydrogens is 134 g/mol. The fourth-order valence-corrected chi connectivity index (χ4v) is 1.31. The van der Waals surface area contributed by atoms with Crippen LogP contribution in [0.15, 0.2) is 16.3 Å². The van der Waals surface area contributed by atoms with Crippen LogP contribution >= 0.6 is 0 Å². The highest BCUT2D eigenvalue weighted by molar-refractivity contribution is 5.89. The van der Waals surface area contributed by atoms with Crippen LogP contribution in [0.3, 0.4) is 0 Å². The number of rotatable bonds is 1. The second-order valence-electron chi connectivity index (χ2n) is 3.70. The molecule has 0 aromatic carbocycles. The molecule has 0 aliphatic carbocycles. The first-order chi connectivity index (χ1) is 5.11. The maximum absolute atomic E-state index is 4.58. The van der Waals surface area contributed by atoms with Gasteiger partial charge in [-0.05, 0) is 32.6 Å². The van der Waals surface area contributed by atoms with Crippen LogP contribution in [0.25, 0.3) is 0 Å². The van der Waals surface area contributed by atoms with Crippen molar-refractivity contribution >= 4 is 5.71 Å². The van der Waals surface area contributed by atoms with E-state index in [1.807, 2.05) is 0 Å². The maximum Gasteiger partial charge on any atom is 0.0393 e. The zero-order chi connectivity index (χ0) is 8.43. The van der Waals surface area contributed by atoms with Crippen molar-refractivity contribution in [1.82, 2.24) is 0 Å². The van der Waals surface area contributed by atoms with Gasteiger partial charge in [-0.1, -0.05) is 19.4 Å². The molecular formula is C10H17N. The van der Waals surface area contributed by atoms with E-state index >= 15 is 0 Å². The first-order valence-corrected chi connectivity index (χ1v) is 4.35. The molecule has 0 amide bonds. The molecule has 0 bridgehead atoms. The molecule has 11 heavy (non-hydrogen) atoms. The van der Waals surface area contributed by atoms with Crippen molar-refractivity contribution in [3.8, 4) is 0 Å². The van der Waals surface area contributed by atoms with Gasteiger partial charge < -0.3 is 0 Å². The van der Waals surface area contributed by atoms with E-state index in [2.05, 4.69) is 32.7 Å². The topological polar surface area (TPSA) is 12.4 Å². The highest BCUT2D eigenvalue weighted by Crippen LogP contribution is 2.23. The van der Waals surface area contributed by atoms with E-state index in [-0.39, 0.29) is 0 Å². The molecule has 62 valence electrons. The molecule has 0 aromatic rings. The summed E-state index contributed by atoms with van der Waals surface area (Å²) < 4.78 is 0. The van der Waals surface area contributed by atoms with Crippen molar-refractivity contribution in [3.63, 3.8) is 0 Å². The van der Waals surface area contributed by atoms with E-state index < -0.39 is 0 Å². The Hall–Kier alpha value is -0.590. The summed E-state index contributed by atoms with van der Waals surface area (Å²) >= 11 is 0. The second-order valence-corrected chi connectivity index (χ2v) is 3.70. The molecule has 0 saturated carbocycles. The predicted octanol–water partition coefficient (Wildman–Crippen LogP) is 3.17. The lowest BCUT2D eigenvalue weighted by molar-refractivity contribution is 0.862. The maximum atomic E-state index is 4.58. The third-order valence-electron chi connectivity index (χ3n) is 2.14. The van der Waals surface area contributed by atoms with Crippen LogP contribution in [0.2, 0.25) is 0 Å². The van der Waals surface area contributed by atoms with Crippen molar-refractivity contribution in [2.45, 2.75) is 40.5 Å². The van der Waals surface area contributed by atoms with Crippen LogP contribution in [-0.4, -0.2) is 5.71 Å². The van der Waals surface area contributed by atoms with E-state index in [0.717, 1.165) is 6.42 Å². The number of aliphatic imine (C=N–C) groups is 1. The molecule has 1 aliphatic rings. The van der Waals surface area contributed by atoms with Gasteiger partial charge in [0, 0.05) is 11.4 Å². The monoisotopic (exact) mass is 151 g/mol. The quantitative estimate of drug-likeness (QED) is 0.546. The molecule has 0 radical (unpaired) electrons. The molecule has 1 rings (SSSR count). The SMILES string of the molecule is CC(C)=C1CCC(C(C)C)=N1. The third kappa shape index (κ3) is 1.92. The predicted molar refractivity (Wildman–Crippen MR) is 49.9 cm³/mol. The smallest absolute Gasteiger partial charge is 0.0393 e. The number of hydrogen-bond acceptors (Lipinski definition) is 1. The lowest BCUT2D eigenvalue weighted by Crippen LogP contribution is -2.01. The van der Waals surface area contributed by atoms with Gasteiger partial charge in [0.25, 0.3) is 0 Å². The summed E-state index contributed by atoms with van der Waals surface area (Å²) in [5.74, 6) is 0.631. The van der Waals surface area contributed by atoms with Crippen LogP contribution in [0.5, 0.6) is 0 Å². The molecule has 0 atom stereocenters. The summed E-state index contributed by atoms with van der Waals surface area (Å²) in [6.45, 7) is 8.71. The van der Waals surface area contributed by atoms with Crippen molar-refractivity contribution in [2.24, 2.45) is 10.9 Å². The first-order valence-electron chi connectivity index (χ1n) is 4.35. The van der Waals surface area contributed by atoms with Crippen LogP contribution in [0.4, 0.5) is 0 Å². The Morgan fingerprint density at radius 1 is 1.27 bits per heavy atom. The summed E-state index contributed by atoms with van der Waals surface area (Å²) in [7, 11) is 0. The van der Waals surface area contributed by atoms with Crippen molar-refractivity contribution in [2.75, 3.05) is 0 Å². The Labute approximate surface area is 69.2 Å². The van der Waals surface area contributed by atoms with Gasteiger partial charge in [0.15, 0.2) is 0 Å². The Morgan fingerprint density at radius 3 is 2.18 bits per heavy atom. The molecule has 1 heterocycles. The molecule has 1 heteroatoms. The molecule has 0 N–H and O–H groups in total. The Bertz CT molecular complexity index is 205. The zero-order valence-corrected chi connectivity index (χ0v) is 7.94. The summed E-state index contributed by atoms with van der Waals surface area (Å²) in [4.78, 5) is 4.58. The lowest BCUT2D eigenvalue weighted by atomic mass is 10.1. The Balaban J connectivity index is 2.77. The fourth-order valence-electron chi connectivity index (χ4n) is 1.31. The minimum atomic E-state index is 0.631. The number of hydrogen-bond donors (Lipinski definition) is 0. The summed E-state index contributed by atoms with van der Waals surface area (Å²) in [5.41, 5.74) is 4.07. The van der Waals surface area contributed by atoms with Crippen molar-refractivity contribution < 1.29 is 0 Å². The summed E-state index contributed by atoms with van der Waals surface area (Å²) in [6, 6.07) is 0. The average Bonchev–Trinajstić information content (AvgIpc) is 2.33. The normalized spacial score (nSPS) is 17.5. The third-order valence-corrected chi connectivity index (χ3v) is 2.14. The van der Waals surface area contributed by atoms with E-state index in [1.165, 1.54) is 23.4 Å². The average molecular weight is 151 g/mol. The van der Waals surface area contributed by atoms with Gasteiger partial charge in [0.05, 0.1) is 0 Å². The molecule has 0 fully saturated rings. The highest BCUT2D eigenvalue weighted by Gasteiger charge is 2.14. The highest BCUT2D eigenvalue weighted by atomic mass is 14.8. The first kappa shape index (κ1) is 8.51. The minimum absolute atomic E-state index is 0.631. The largest absolute Gasteiger partial charge is 0.262 e. The summed E-state index contributed by atoms with van der Waals surface area (Å²) in [6.07, 6.45) is 2.34. The number of allylic oxidation sites excluding steroid dienone is 2. The lowest BCUT2D eigenvalue weighted by Gasteiger charge is -2.00. The van der Waals surface area contributed by atoms with E-state index in [4.69, 9.17) is 0 Å². The van der Waals surface area contributed by atoms with Gasteiger partial charge in [0.1, 0.15) is 0 Å². The molecule has 1 aliphatic heterocycles. The Morgan fingerprint density at radius 2 is 1.91 bits per heavy atom. The van der Waals surface area contributed by atoms with E-state index in [9.17, 15) is 0 Å². The van der Waals surface area contributed by atoms with Crippen LogP contribution in [0, 0.1) is 5.92 Å². The molecule has 0 aromatic heterocycles. The molecule has 1 nitrogen and oxygen atoms in total. The summed E-state index contributed by atoms with van der Waals surface area (Å²) in [5, 5.41) is 0. The van der Waals surface area contributed by atoms with Gasteiger partial charge in [-0.3, -0.25) is 4.99 Å². The van der Waals surface area contributed by atoms with Crippen LogP contribution in [0.1, 0.15) is 40.5 Å². The van der Waals surface area contributed by atoms with Crippen molar-refractivity contribution in [3.05, 3.63) is 11.3 Å². The minimum Gasteiger partial charge on any atom is -0.262 e. The second kappa shape index (κ2) is 3.21. The fraction of sp³-hybridized carbons (Fsp3) is 0.700. The van der Waals surface area contributed by atoms with Gasteiger partial charge in [-0.25, -0.2) is 0 Å². The van der Waals surface area contributed by atoms with Gasteiger partial charge in [0.2, 0.25) is 0 Å². The molecule has 0 spiro atoms. The zero-order valence-electron chi connectivity index (χ0n) is 7.94. The van der Waals surface area contributed by atoms with Gasteiger partial charge in [-0.2, -0.15) is 0 Å². The van der Waals surface area contributed by atoms with E-state index in [0.29, 0.717) is 5.92 Å². The molecule has 0 unspecified atom stereocenters. The van der Waals surface area contributed by atoms with Crippen molar-refractivity contribution in [1.29, 1.82) is 0 Å². The van der Waals surface area contributed by atoms with Crippen LogP contribution < -0.4 is 0 Å². The van der Waals surface area contributed by atoms with Crippen LogP contribution in [-0.2, 0) is 0 Å². The van der Waals surface area contributed by atoms with Gasteiger partial charge in [-0.15, -0.1) is 0 Å². The standard InChI is InChI=1S/C10H17N/c1-7(2)9-5-6-10(11-9)8(3)4/h7H,5-6H2,1-4H3. The Kier molecular flexibility index (Phi) is 2.48. The number of nitrogens with zero attached hydrogens (tertiary/aromatic N) is 1. The molecule has 0 saturated heterocycles. The van der Waals surface area contributed by atoms with E-state index in [1.54, 1.807) is 0 Å². The van der Waals surface area contributed by atoms with Gasteiger partial charge >= 0.3 is 0 Å².